The molecule has 0 bridgehead atoms. The highest BCUT2D eigenvalue weighted by Crippen LogP contribution is 2.39. The molecule has 1 aliphatic rings. The summed E-state index contributed by atoms with van der Waals surface area (Å²) < 4.78 is 11.9. The number of ether oxygens (including phenoxy) is 2. The largest absolute Gasteiger partial charge is 0.494 e. The van der Waals surface area contributed by atoms with E-state index in [9.17, 15) is 9.59 Å². The van der Waals surface area contributed by atoms with Crippen molar-refractivity contribution in [2.75, 3.05) is 50.2 Å². The molecule has 0 aliphatic carbocycles. The van der Waals surface area contributed by atoms with Crippen LogP contribution < -0.4 is 20.4 Å². The molecule has 0 saturated carbocycles. The third kappa shape index (κ3) is 5.06. The normalized spacial score (nSPS) is 13.6. The van der Waals surface area contributed by atoms with Gasteiger partial charge in [-0.25, -0.2) is 15.3 Å². The number of benzene rings is 2. The van der Waals surface area contributed by atoms with E-state index in [1.807, 2.05) is 19.1 Å². The predicted molar refractivity (Wildman–Crippen MR) is 130 cm³/mol. The van der Waals surface area contributed by atoms with Gasteiger partial charge in [0.25, 0.3) is 5.91 Å². The van der Waals surface area contributed by atoms with Crippen LogP contribution in [-0.2, 0) is 11.3 Å². The van der Waals surface area contributed by atoms with Gasteiger partial charge in [-0.1, -0.05) is 23.5 Å². The fraction of sp³-hybridized carbons (Fsp3) is 0.348. The summed E-state index contributed by atoms with van der Waals surface area (Å²) in [5, 5.41) is 12.2. The Morgan fingerprint density at radius 2 is 1.94 bits per heavy atom. The van der Waals surface area contributed by atoms with Gasteiger partial charge in [-0.05, 0) is 36.8 Å². The summed E-state index contributed by atoms with van der Waals surface area (Å²) in [7, 11) is 1.61. The number of nitrogens with one attached hydrogen (secondary N) is 2. The minimum absolute atomic E-state index is 0.273. The van der Waals surface area contributed by atoms with Crippen molar-refractivity contribution in [3.8, 4) is 5.75 Å². The summed E-state index contributed by atoms with van der Waals surface area (Å²) in [6.45, 7) is 5.67. The van der Waals surface area contributed by atoms with Crippen LogP contribution >= 0.6 is 11.3 Å². The first kappa shape index (κ1) is 23.7. The van der Waals surface area contributed by atoms with Crippen molar-refractivity contribution in [3.63, 3.8) is 0 Å². The first-order valence-electron chi connectivity index (χ1n) is 10.9. The molecule has 0 radical (unpaired) electrons. The summed E-state index contributed by atoms with van der Waals surface area (Å²) in [6, 6.07) is 10.3. The maximum atomic E-state index is 13.0. The number of hydroxylamine groups is 1. The van der Waals surface area contributed by atoms with Crippen LogP contribution in [0.4, 0.5) is 15.6 Å². The van der Waals surface area contributed by atoms with Crippen molar-refractivity contribution in [3.05, 3.63) is 47.5 Å². The summed E-state index contributed by atoms with van der Waals surface area (Å²) in [5.74, 6) is 0.0717. The molecule has 1 saturated heterocycles. The number of fused-ring (bicyclic) bond motifs is 1. The number of urea groups is 1. The van der Waals surface area contributed by atoms with Crippen LogP contribution in [0.5, 0.6) is 5.75 Å². The van der Waals surface area contributed by atoms with E-state index in [1.165, 1.54) is 11.3 Å². The number of nitrogens with zero attached hydrogens (tertiary/aromatic N) is 3. The van der Waals surface area contributed by atoms with E-state index in [0.29, 0.717) is 48.3 Å². The number of carbonyl (C=O) groups excluding carboxylic acids is 2. The van der Waals surface area contributed by atoms with Crippen LogP contribution in [0.1, 0.15) is 22.8 Å². The zero-order chi connectivity index (χ0) is 24.1. The Morgan fingerprint density at radius 3 is 2.59 bits per heavy atom. The lowest BCUT2D eigenvalue weighted by atomic mass is 10.1. The minimum Gasteiger partial charge on any atom is -0.494 e. The minimum atomic E-state index is -0.584. The molecular weight excluding hydrogens is 458 g/mol. The molecule has 1 aromatic heterocycles. The molecule has 11 heteroatoms. The molecule has 34 heavy (non-hydrogen) atoms. The van der Waals surface area contributed by atoms with Gasteiger partial charge in [0, 0.05) is 31.7 Å². The Kier molecular flexibility index (Phi) is 7.46. The maximum absolute atomic E-state index is 13.0. The molecule has 3 amide bonds. The topological polar surface area (TPSA) is 116 Å². The van der Waals surface area contributed by atoms with E-state index < -0.39 is 5.91 Å². The molecule has 2 heterocycles. The average molecular weight is 486 g/mol. The number of hydrogen-bond acceptors (Lipinski definition) is 8. The van der Waals surface area contributed by atoms with Gasteiger partial charge in [0.15, 0.2) is 5.13 Å². The van der Waals surface area contributed by atoms with Gasteiger partial charge >= 0.3 is 6.03 Å². The van der Waals surface area contributed by atoms with Crippen LogP contribution in [0.3, 0.4) is 0 Å². The quantitative estimate of drug-likeness (QED) is 0.347. The number of aromatic nitrogens is 1. The molecule has 3 aromatic rings. The highest BCUT2D eigenvalue weighted by molar-refractivity contribution is 7.23. The first-order chi connectivity index (χ1) is 16.5. The lowest BCUT2D eigenvalue weighted by Gasteiger charge is -2.29. The second kappa shape index (κ2) is 10.7. The molecule has 1 aliphatic heterocycles. The Labute approximate surface area is 201 Å². The van der Waals surface area contributed by atoms with Gasteiger partial charge in [-0.2, -0.15) is 0 Å². The lowest BCUT2D eigenvalue weighted by Crippen LogP contribution is -2.36. The second-order valence-corrected chi connectivity index (χ2v) is 8.66. The first-order valence-corrected chi connectivity index (χ1v) is 11.7. The van der Waals surface area contributed by atoms with Crippen molar-refractivity contribution < 1.29 is 24.3 Å². The van der Waals surface area contributed by atoms with Gasteiger partial charge < -0.3 is 19.3 Å². The van der Waals surface area contributed by atoms with E-state index in [0.717, 1.165) is 29.0 Å². The Hall–Kier alpha value is -3.41. The van der Waals surface area contributed by atoms with Crippen LogP contribution in [0, 0.1) is 0 Å². The summed E-state index contributed by atoms with van der Waals surface area (Å²) in [4.78, 5) is 33.1. The second-order valence-electron chi connectivity index (χ2n) is 7.67. The highest BCUT2D eigenvalue weighted by Gasteiger charge is 2.21. The lowest BCUT2D eigenvalue weighted by molar-refractivity contribution is 0.0706. The van der Waals surface area contributed by atoms with E-state index >= 15 is 0 Å². The monoisotopic (exact) mass is 485 g/mol. The van der Waals surface area contributed by atoms with Gasteiger partial charge in [0.1, 0.15) is 11.3 Å². The molecule has 0 unspecified atom stereocenters. The number of anilines is 2. The van der Waals surface area contributed by atoms with Crippen LogP contribution in [0.25, 0.3) is 10.2 Å². The van der Waals surface area contributed by atoms with Crippen LogP contribution in [-0.4, -0.2) is 67.0 Å². The summed E-state index contributed by atoms with van der Waals surface area (Å²) in [6.07, 6.45) is 0. The van der Waals surface area contributed by atoms with E-state index in [4.69, 9.17) is 14.7 Å². The Morgan fingerprint density at radius 1 is 1.21 bits per heavy atom. The molecule has 0 spiro atoms. The molecule has 3 N–H and O–H groups in total. The fourth-order valence-electron chi connectivity index (χ4n) is 3.79. The van der Waals surface area contributed by atoms with Crippen molar-refractivity contribution >= 4 is 44.3 Å². The summed E-state index contributed by atoms with van der Waals surface area (Å²) in [5.41, 5.74) is 4.56. The number of amides is 3. The van der Waals surface area contributed by atoms with E-state index in [-0.39, 0.29) is 6.03 Å². The fourth-order valence-corrected chi connectivity index (χ4v) is 4.80. The zero-order valence-corrected chi connectivity index (χ0v) is 19.9. The Bertz CT molecular complexity index is 1160. The standard InChI is InChI=1S/C23H27N5O5S/c1-3-27(14-15-4-6-16(7-5-15)21(29)26-31)23(30)25-22-24-19-18(32-2)9-8-17(20(19)34-22)28-10-12-33-13-11-28/h4-9,31H,3,10-14H2,1-2H3,(H,26,29)(H,24,25,30). The number of rotatable bonds is 7. The number of carbonyl (C=O) groups is 2. The van der Waals surface area contributed by atoms with Gasteiger partial charge in [-0.15, -0.1) is 0 Å². The van der Waals surface area contributed by atoms with E-state index in [2.05, 4.69) is 15.2 Å². The molecule has 1 fully saturated rings. The molecular formula is C23H27N5O5S. The van der Waals surface area contributed by atoms with Crippen molar-refractivity contribution in [1.82, 2.24) is 15.4 Å². The van der Waals surface area contributed by atoms with Crippen LogP contribution in [0.15, 0.2) is 36.4 Å². The Balaban J connectivity index is 1.52. The SMILES string of the molecule is CCN(Cc1ccc(C(=O)NO)cc1)C(=O)Nc1nc2c(OC)ccc(N3CCOCC3)c2s1. The van der Waals surface area contributed by atoms with E-state index in [1.54, 1.807) is 41.8 Å². The van der Waals surface area contributed by atoms with Gasteiger partial charge in [0.2, 0.25) is 0 Å². The average Bonchev–Trinajstić information content (AvgIpc) is 3.30. The van der Waals surface area contributed by atoms with Crippen LogP contribution in [0.2, 0.25) is 0 Å². The van der Waals surface area contributed by atoms with Gasteiger partial charge in [0.05, 0.1) is 30.7 Å². The molecule has 180 valence electrons. The molecule has 2 aromatic carbocycles. The predicted octanol–water partition coefficient (Wildman–Crippen LogP) is 3.31. The number of methoxy groups -OCH3 is 1. The summed E-state index contributed by atoms with van der Waals surface area (Å²) >= 11 is 1.42. The van der Waals surface area contributed by atoms with Crippen molar-refractivity contribution in [2.45, 2.75) is 13.5 Å². The third-order valence-electron chi connectivity index (χ3n) is 5.63. The number of hydrogen-bond donors (Lipinski definition) is 3. The smallest absolute Gasteiger partial charge is 0.323 e. The zero-order valence-electron chi connectivity index (χ0n) is 19.0. The molecule has 0 atom stereocenters. The number of thiazole rings is 1. The van der Waals surface area contributed by atoms with Gasteiger partial charge in [-0.3, -0.25) is 15.3 Å². The molecule has 10 nitrogen and oxygen atoms in total. The maximum Gasteiger partial charge on any atom is 0.323 e. The van der Waals surface area contributed by atoms with Crippen molar-refractivity contribution in [2.24, 2.45) is 0 Å². The third-order valence-corrected chi connectivity index (χ3v) is 6.62. The van der Waals surface area contributed by atoms with Crippen molar-refractivity contribution in [1.29, 1.82) is 0 Å². The number of morpholine rings is 1. The molecule has 4 rings (SSSR count). The highest BCUT2D eigenvalue weighted by atomic mass is 32.1.